The predicted molar refractivity (Wildman–Crippen MR) is 58.8 cm³/mol. The highest BCUT2D eigenvalue weighted by atomic mass is 79.9. The third kappa shape index (κ3) is 3.58. The molecule has 0 aliphatic carbocycles. The summed E-state index contributed by atoms with van der Waals surface area (Å²) in [5.74, 6) is 0. The average Bonchev–Trinajstić information content (AvgIpc) is 2.04. The molecule has 0 heterocycles. The van der Waals surface area contributed by atoms with E-state index in [1.165, 1.54) is 0 Å². The number of rotatable bonds is 3. The van der Waals surface area contributed by atoms with E-state index in [-0.39, 0.29) is 6.04 Å². The molecule has 0 aromatic heterocycles. The molecule has 1 rings (SSSR count). The molecule has 72 valence electrons. The van der Waals surface area contributed by atoms with Crippen LogP contribution in [0, 0.1) is 0 Å². The van der Waals surface area contributed by atoms with E-state index in [2.05, 4.69) is 20.7 Å². The largest absolute Gasteiger partial charge is 0.237 e. The SMILES string of the molecule is CC(C)NS(=O)c1ccc(Br)cc1. The average molecular weight is 262 g/mol. The van der Waals surface area contributed by atoms with Crippen molar-refractivity contribution < 1.29 is 4.21 Å². The van der Waals surface area contributed by atoms with Gasteiger partial charge >= 0.3 is 0 Å². The summed E-state index contributed by atoms with van der Waals surface area (Å²) in [5.41, 5.74) is 0. The van der Waals surface area contributed by atoms with Crippen LogP contribution in [0.1, 0.15) is 13.8 Å². The van der Waals surface area contributed by atoms with Gasteiger partial charge in [0.05, 0.1) is 4.90 Å². The fourth-order valence-corrected chi connectivity index (χ4v) is 2.05. The van der Waals surface area contributed by atoms with Gasteiger partial charge in [-0.15, -0.1) is 0 Å². The summed E-state index contributed by atoms with van der Waals surface area (Å²) in [6.07, 6.45) is 0. The molecule has 4 heteroatoms. The van der Waals surface area contributed by atoms with E-state index in [0.29, 0.717) is 0 Å². The summed E-state index contributed by atoms with van der Waals surface area (Å²) < 4.78 is 15.5. The van der Waals surface area contributed by atoms with Gasteiger partial charge in [-0.3, -0.25) is 0 Å². The van der Waals surface area contributed by atoms with Crippen molar-refractivity contribution in [2.45, 2.75) is 24.8 Å². The zero-order chi connectivity index (χ0) is 9.84. The van der Waals surface area contributed by atoms with Crippen LogP contribution >= 0.6 is 15.9 Å². The third-order valence-electron chi connectivity index (χ3n) is 1.37. The van der Waals surface area contributed by atoms with Crippen LogP contribution in [0.4, 0.5) is 0 Å². The lowest BCUT2D eigenvalue weighted by Crippen LogP contribution is -2.24. The van der Waals surface area contributed by atoms with Crippen LogP contribution in [0.15, 0.2) is 33.6 Å². The first-order valence-electron chi connectivity index (χ1n) is 4.03. The summed E-state index contributed by atoms with van der Waals surface area (Å²) >= 11 is 3.33. The van der Waals surface area contributed by atoms with Gasteiger partial charge in [0.2, 0.25) is 0 Å². The first kappa shape index (κ1) is 10.9. The maximum absolute atomic E-state index is 11.6. The molecule has 2 nitrogen and oxygen atoms in total. The second-order valence-corrected chi connectivity index (χ2v) is 5.16. The highest BCUT2D eigenvalue weighted by Gasteiger charge is 2.03. The molecule has 0 radical (unpaired) electrons. The Balaban J connectivity index is 2.72. The highest BCUT2D eigenvalue weighted by Crippen LogP contribution is 2.12. The number of hydrogen-bond donors (Lipinski definition) is 1. The van der Waals surface area contributed by atoms with Gasteiger partial charge in [0, 0.05) is 10.5 Å². The normalized spacial score (nSPS) is 13.2. The van der Waals surface area contributed by atoms with Crippen LogP contribution in [0.2, 0.25) is 0 Å². The van der Waals surface area contributed by atoms with E-state index >= 15 is 0 Å². The molecular weight excluding hydrogens is 250 g/mol. The molecule has 0 spiro atoms. The zero-order valence-corrected chi connectivity index (χ0v) is 9.98. The Hall–Kier alpha value is -0.190. The first-order chi connectivity index (χ1) is 6.09. The van der Waals surface area contributed by atoms with Crippen molar-refractivity contribution >= 4 is 26.9 Å². The minimum absolute atomic E-state index is 0.226. The van der Waals surface area contributed by atoms with Crippen molar-refractivity contribution in [3.8, 4) is 0 Å². The topological polar surface area (TPSA) is 29.1 Å². The Kier molecular flexibility index (Phi) is 4.09. The predicted octanol–water partition coefficient (Wildman–Crippen LogP) is 2.47. The Morgan fingerprint density at radius 3 is 2.31 bits per heavy atom. The quantitative estimate of drug-likeness (QED) is 0.890. The summed E-state index contributed by atoms with van der Waals surface area (Å²) in [4.78, 5) is 0.803. The lowest BCUT2D eigenvalue weighted by Gasteiger charge is -2.07. The van der Waals surface area contributed by atoms with E-state index < -0.39 is 11.0 Å². The second-order valence-electron chi connectivity index (χ2n) is 3.00. The van der Waals surface area contributed by atoms with E-state index in [9.17, 15) is 4.21 Å². The van der Waals surface area contributed by atoms with Gasteiger partial charge < -0.3 is 0 Å². The Morgan fingerprint density at radius 1 is 1.31 bits per heavy atom. The van der Waals surface area contributed by atoms with Crippen LogP contribution in [0.3, 0.4) is 0 Å². The number of benzene rings is 1. The fourth-order valence-electron chi connectivity index (χ4n) is 0.840. The van der Waals surface area contributed by atoms with E-state index in [0.717, 1.165) is 9.37 Å². The second kappa shape index (κ2) is 4.88. The van der Waals surface area contributed by atoms with Gasteiger partial charge in [-0.1, -0.05) is 15.9 Å². The minimum atomic E-state index is -1.09. The molecule has 1 unspecified atom stereocenters. The summed E-state index contributed by atoms with van der Waals surface area (Å²) in [5, 5.41) is 0. The summed E-state index contributed by atoms with van der Waals surface area (Å²) in [6, 6.07) is 7.68. The molecule has 0 saturated carbocycles. The standard InChI is InChI=1S/C9H12BrNOS/c1-7(2)11-13(12)9-5-3-8(10)4-6-9/h3-7,11H,1-2H3. The van der Waals surface area contributed by atoms with Crippen molar-refractivity contribution in [2.24, 2.45) is 0 Å². The first-order valence-corrected chi connectivity index (χ1v) is 5.97. The van der Waals surface area contributed by atoms with Gasteiger partial charge in [0.25, 0.3) is 0 Å². The lowest BCUT2D eigenvalue weighted by molar-refractivity contribution is 0.656. The van der Waals surface area contributed by atoms with E-state index in [1.807, 2.05) is 38.1 Å². The Labute approximate surface area is 89.5 Å². The third-order valence-corrected chi connectivity index (χ3v) is 3.28. The van der Waals surface area contributed by atoms with Crippen molar-refractivity contribution in [2.75, 3.05) is 0 Å². The Morgan fingerprint density at radius 2 is 1.85 bits per heavy atom. The molecule has 13 heavy (non-hydrogen) atoms. The van der Waals surface area contributed by atoms with Gasteiger partial charge in [-0.25, -0.2) is 8.93 Å². The van der Waals surface area contributed by atoms with Crippen LogP contribution in [-0.4, -0.2) is 10.3 Å². The van der Waals surface area contributed by atoms with Crippen LogP contribution in [-0.2, 0) is 11.0 Å². The molecule has 0 bridgehead atoms. The molecule has 0 fully saturated rings. The minimum Gasteiger partial charge on any atom is -0.237 e. The van der Waals surface area contributed by atoms with E-state index in [4.69, 9.17) is 0 Å². The number of halogens is 1. The fraction of sp³-hybridized carbons (Fsp3) is 0.333. The molecule has 0 saturated heterocycles. The summed E-state index contributed by atoms with van der Waals surface area (Å²) in [7, 11) is -1.09. The number of nitrogens with one attached hydrogen (secondary N) is 1. The van der Waals surface area contributed by atoms with Gasteiger partial charge in [-0.05, 0) is 38.1 Å². The van der Waals surface area contributed by atoms with Crippen LogP contribution in [0.25, 0.3) is 0 Å². The van der Waals surface area contributed by atoms with Crippen molar-refractivity contribution in [3.63, 3.8) is 0 Å². The lowest BCUT2D eigenvalue weighted by atomic mass is 10.4. The molecule has 0 aliphatic rings. The molecule has 1 aromatic rings. The van der Waals surface area contributed by atoms with Gasteiger partial charge in [0.15, 0.2) is 0 Å². The number of hydrogen-bond acceptors (Lipinski definition) is 1. The molecule has 0 aliphatic heterocycles. The monoisotopic (exact) mass is 261 g/mol. The van der Waals surface area contributed by atoms with E-state index in [1.54, 1.807) is 0 Å². The van der Waals surface area contributed by atoms with Gasteiger partial charge in [0.1, 0.15) is 11.0 Å². The molecular formula is C9H12BrNOS. The molecule has 1 atom stereocenters. The molecule has 0 amide bonds. The van der Waals surface area contributed by atoms with Crippen LogP contribution in [0.5, 0.6) is 0 Å². The molecule has 1 N–H and O–H groups in total. The summed E-state index contributed by atoms with van der Waals surface area (Å²) in [6.45, 7) is 3.94. The highest BCUT2D eigenvalue weighted by molar-refractivity contribution is 9.10. The molecule has 1 aromatic carbocycles. The van der Waals surface area contributed by atoms with Crippen molar-refractivity contribution in [1.82, 2.24) is 4.72 Å². The smallest absolute Gasteiger partial charge is 0.125 e. The maximum atomic E-state index is 11.6. The Bertz CT molecular complexity index is 297. The van der Waals surface area contributed by atoms with Crippen LogP contribution < -0.4 is 4.72 Å². The zero-order valence-electron chi connectivity index (χ0n) is 7.58. The van der Waals surface area contributed by atoms with Gasteiger partial charge in [-0.2, -0.15) is 0 Å². The van der Waals surface area contributed by atoms with Crippen molar-refractivity contribution in [1.29, 1.82) is 0 Å². The van der Waals surface area contributed by atoms with Crippen molar-refractivity contribution in [3.05, 3.63) is 28.7 Å². The maximum Gasteiger partial charge on any atom is 0.125 e.